The van der Waals surface area contributed by atoms with Gasteiger partial charge in [0.1, 0.15) is 5.58 Å². The summed E-state index contributed by atoms with van der Waals surface area (Å²) in [4.78, 5) is 14.0. The fourth-order valence-electron chi connectivity index (χ4n) is 2.26. The summed E-state index contributed by atoms with van der Waals surface area (Å²) < 4.78 is 5.60. The Labute approximate surface area is 127 Å². The molecule has 0 radical (unpaired) electrons. The molecule has 3 nitrogen and oxygen atoms in total. The standard InChI is InChI=1S/C17H14ClNO2/c1-19(11-12-5-4-7-14(18)9-12)17(20)16-10-13-6-2-3-8-15(13)21-16/h2-10H,11H2,1H3. The first kappa shape index (κ1) is 13.7. The normalized spacial score (nSPS) is 10.8. The van der Waals surface area contributed by atoms with Crippen LogP contribution in [-0.4, -0.2) is 17.9 Å². The summed E-state index contributed by atoms with van der Waals surface area (Å²) in [6, 6.07) is 16.8. The van der Waals surface area contributed by atoms with Crippen LogP contribution in [0, 0.1) is 0 Å². The van der Waals surface area contributed by atoms with Gasteiger partial charge >= 0.3 is 0 Å². The van der Waals surface area contributed by atoms with Crippen molar-refractivity contribution < 1.29 is 9.21 Å². The third-order valence-corrected chi connectivity index (χ3v) is 3.53. The summed E-state index contributed by atoms with van der Waals surface area (Å²) in [5.41, 5.74) is 1.70. The third kappa shape index (κ3) is 2.93. The Morgan fingerprint density at radius 1 is 1.14 bits per heavy atom. The van der Waals surface area contributed by atoms with Crippen molar-refractivity contribution in [2.24, 2.45) is 0 Å². The molecule has 0 bridgehead atoms. The molecule has 0 aliphatic rings. The van der Waals surface area contributed by atoms with E-state index >= 15 is 0 Å². The molecule has 0 aliphatic carbocycles. The second-order valence-electron chi connectivity index (χ2n) is 4.94. The molecule has 1 heterocycles. The maximum atomic E-state index is 12.4. The average Bonchev–Trinajstić information content (AvgIpc) is 2.90. The van der Waals surface area contributed by atoms with E-state index in [9.17, 15) is 4.79 Å². The van der Waals surface area contributed by atoms with Gasteiger partial charge in [-0.15, -0.1) is 0 Å². The van der Waals surface area contributed by atoms with Crippen molar-refractivity contribution in [3.63, 3.8) is 0 Å². The van der Waals surface area contributed by atoms with Crippen LogP contribution in [0.25, 0.3) is 11.0 Å². The molecule has 0 fully saturated rings. The molecule has 0 saturated carbocycles. The molecule has 4 heteroatoms. The predicted molar refractivity (Wildman–Crippen MR) is 83.5 cm³/mol. The highest BCUT2D eigenvalue weighted by Gasteiger charge is 2.16. The van der Waals surface area contributed by atoms with E-state index in [1.54, 1.807) is 18.0 Å². The fraction of sp³-hybridized carbons (Fsp3) is 0.118. The SMILES string of the molecule is CN(Cc1cccc(Cl)c1)C(=O)c1cc2ccccc2o1. The summed E-state index contributed by atoms with van der Waals surface area (Å²) in [6.07, 6.45) is 0. The van der Waals surface area contributed by atoms with Crippen LogP contribution in [0.1, 0.15) is 16.1 Å². The zero-order valence-corrected chi connectivity index (χ0v) is 12.3. The number of carbonyl (C=O) groups excluding carboxylic acids is 1. The van der Waals surface area contributed by atoms with E-state index in [-0.39, 0.29) is 5.91 Å². The molecule has 0 N–H and O–H groups in total. The molecule has 3 rings (SSSR count). The van der Waals surface area contributed by atoms with E-state index in [0.29, 0.717) is 17.3 Å². The molecule has 2 aromatic carbocycles. The van der Waals surface area contributed by atoms with E-state index < -0.39 is 0 Å². The van der Waals surface area contributed by atoms with Crippen LogP contribution in [0.3, 0.4) is 0 Å². The van der Waals surface area contributed by atoms with Crippen molar-refractivity contribution >= 4 is 28.5 Å². The number of halogens is 1. The maximum absolute atomic E-state index is 12.4. The summed E-state index contributed by atoms with van der Waals surface area (Å²) in [5.74, 6) is 0.201. The highest BCUT2D eigenvalue weighted by atomic mass is 35.5. The predicted octanol–water partition coefficient (Wildman–Crippen LogP) is 4.36. The summed E-state index contributed by atoms with van der Waals surface area (Å²) in [6.45, 7) is 0.483. The third-order valence-electron chi connectivity index (χ3n) is 3.29. The number of nitrogens with zero attached hydrogens (tertiary/aromatic N) is 1. The van der Waals surface area contributed by atoms with Crippen molar-refractivity contribution in [3.8, 4) is 0 Å². The van der Waals surface area contributed by atoms with E-state index in [2.05, 4.69) is 0 Å². The number of furan rings is 1. The first-order valence-corrected chi connectivity index (χ1v) is 7.00. The second-order valence-corrected chi connectivity index (χ2v) is 5.38. The van der Waals surface area contributed by atoms with Crippen LogP contribution in [0.15, 0.2) is 59.0 Å². The Hall–Kier alpha value is -2.26. The molecule has 3 aromatic rings. The van der Waals surface area contributed by atoms with Crippen molar-refractivity contribution in [1.82, 2.24) is 4.90 Å². The molecular weight excluding hydrogens is 286 g/mol. The number of fused-ring (bicyclic) bond motifs is 1. The number of amides is 1. The van der Waals surface area contributed by atoms with Crippen LogP contribution in [0.5, 0.6) is 0 Å². The zero-order valence-electron chi connectivity index (χ0n) is 11.5. The van der Waals surface area contributed by atoms with Crippen molar-refractivity contribution in [3.05, 3.63) is 70.9 Å². The van der Waals surface area contributed by atoms with E-state index in [1.807, 2.05) is 48.5 Å². The smallest absolute Gasteiger partial charge is 0.289 e. The monoisotopic (exact) mass is 299 g/mol. The lowest BCUT2D eigenvalue weighted by atomic mass is 10.2. The molecule has 21 heavy (non-hydrogen) atoms. The van der Waals surface area contributed by atoms with Crippen LogP contribution in [0.4, 0.5) is 0 Å². The first-order valence-electron chi connectivity index (χ1n) is 6.62. The Balaban J connectivity index is 1.80. The second kappa shape index (κ2) is 5.62. The lowest BCUT2D eigenvalue weighted by Gasteiger charge is -2.15. The Morgan fingerprint density at radius 2 is 1.95 bits per heavy atom. The van der Waals surface area contributed by atoms with Crippen LogP contribution < -0.4 is 0 Å². The number of rotatable bonds is 3. The molecule has 0 saturated heterocycles. The van der Waals surface area contributed by atoms with Gasteiger partial charge in [0.15, 0.2) is 5.76 Å². The van der Waals surface area contributed by atoms with Crippen LogP contribution in [-0.2, 0) is 6.54 Å². The summed E-state index contributed by atoms with van der Waals surface area (Å²) >= 11 is 5.96. The van der Waals surface area contributed by atoms with Gasteiger partial charge < -0.3 is 9.32 Å². The van der Waals surface area contributed by atoms with Crippen molar-refractivity contribution in [2.75, 3.05) is 7.05 Å². The van der Waals surface area contributed by atoms with Crippen molar-refractivity contribution in [1.29, 1.82) is 0 Å². The van der Waals surface area contributed by atoms with Crippen LogP contribution >= 0.6 is 11.6 Å². The van der Waals surface area contributed by atoms with Gasteiger partial charge in [0.25, 0.3) is 5.91 Å². The van der Waals surface area contributed by atoms with E-state index in [0.717, 1.165) is 16.5 Å². The number of carbonyl (C=O) groups is 1. The van der Waals surface area contributed by atoms with Crippen LogP contribution in [0.2, 0.25) is 5.02 Å². The van der Waals surface area contributed by atoms with Gasteiger partial charge in [-0.05, 0) is 29.8 Å². The van der Waals surface area contributed by atoms with Gasteiger partial charge in [0, 0.05) is 24.0 Å². The minimum absolute atomic E-state index is 0.147. The minimum atomic E-state index is -0.147. The Morgan fingerprint density at radius 3 is 2.71 bits per heavy atom. The van der Waals surface area contributed by atoms with Gasteiger partial charge in [-0.3, -0.25) is 4.79 Å². The highest BCUT2D eigenvalue weighted by molar-refractivity contribution is 6.30. The van der Waals surface area contributed by atoms with Crippen molar-refractivity contribution in [2.45, 2.75) is 6.54 Å². The van der Waals surface area contributed by atoms with Gasteiger partial charge in [0.2, 0.25) is 0 Å². The molecule has 1 aromatic heterocycles. The largest absolute Gasteiger partial charge is 0.451 e. The number of benzene rings is 2. The van der Waals surface area contributed by atoms with E-state index in [4.69, 9.17) is 16.0 Å². The van der Waals surface area contributed by atoms with E-state index in [1.165, 1.54) is 0 Å². The topological polar surface area (TPSA) is 33.5 Å². The Kier molecular flexibility index (Phi) is 3.67. The van der Waals surface area contributed by atoms with Gasteiger partial charge in [0.05, 0.1) is 0 Å². The van der Waals surface area contributed by atoms with Gasteiger partial charge in [-0.1, -0.05) is 41.9 Å². The van der Waals surface area contributed by atoms with Gasteiger partial charge in [-0.2, -0.15) is 0 Å². The maximum Gasteiger partial charge on any atom is 0.289 e. The minimum Gasteiger partial charge on any atom is -0.451 e. The van der Waals surface area contributed by atoms with Gasteiger partial charge in [-0.25, -0.2) is 0 Å². The summed E-state index contributed by atoms with van der Waals surface area (Å²) in [7, 11) is 1.75. The molecule has 106 valence electrons. The molecule has 0 spiro atoms. The fourth-order valence-corrected chi connectivity index (χ4v) is 2.47. The lowest BCUT2D eigenvalue weighted by molar-refractivity contribution is 0.0756. The number of para-hydroxylation sites is 1. The number of hydrogen-bond acceptors (Lipinski definition) is 2. The molecule has 0 unspecified atom stereocenters. The lowest BCUT2D eigenvalue weighted by Crippen LogP contribution is -2.25. The molecule has 0 atom stereocenters. The molecule has 1 amide bonds. The Bertz CT molecular complexity index is 761. The zero-order chi connectivity index (χ0) is 14.8. The average molecular weight is 300 g/mol. The molecular formula is C17H14ClNO2. The quantitative estimate of drug-likeness (QED) is 0.720. The summed E-state index contributed by atoms with van der Waals surface area (Å²) in [5, 5.41) is 1.59. The first-order chi connectivity index (χ1) is 10.1. The number of hydrogen-bond donors (Lipinski definition) is 0. The molecule has 0 aliphatic heterocycles. The highest BCUT2D eigenvalue weighted by Crippen LogP contribution is 2.20.